The molecule has 1 aromatic heterocycles. The van der Waals surface area contributed by atoms with Crippen LogP contribution in [0.3, 0.4) is 0 Å². The van der Waals surface area contributed by atoms with Crippen LogP contribution in [0.1, 0.15) is 61.9 Å². The summed E-state index contributed by atoms with van der Waals surface area (Å²) in [6.07, 6.45) is 5.23. The summed E-state index contributed by atoms with van der Waals surface area (Å²) in [6, 6.07) is 6.83. The van der Waals surface area contributed by atoms with Crippen molar-refractivity contribution in [2.75, 3.05) is 0 Å². The molecular formula is C15H19NS. The number of aromatic nitrogens is 1. The molecule has 0 N–H and O–H groups in total. The summed E-state index contributed by atoms with van der Waals surface area (Å²) < 4.78 is 1.38. The zero-order chi connectivity index (χ0) is 11.8. The molecule has 0 saturated heterocycles. The van der Waals surface area contributed by atoms with Gasteiger partial charge in [-0.25, -0.2) is 4.98 Å². The molecule has 0 spiro atoms. The first kappa shape index (κ1) is 11.2. The molecule has 1 atom stereocenters. The highest BCUT2D eigenvalue weighted by Crippen LogP contribution is 2.43. The molecule has 0 radical (unpaired) electrons. The molecule has 1 aromatic carbocycles. The summed E-state index contributed by atoms with van der Waals surface area (Å²) in [5.41, 5.74) is 2.68. The van der Waals surface area contributed by atoms with Crippen molar-refractivity contribution in [2.24, 2.45) is 0 Å². The Kier molecular flexibility index (Phi) is 2.91. The summed E-state index contributed by atoms with van der Waals surface area (Å²) in [6.45, 7) is 4.58. The predicted octanol–water partition coefficient (Wildman–Crippen LogP) is 5.08. The van der Waals surface area contributed by atoms with Crippen LogP contribution in [0.5, 0.6) is 0 Å². The number of nitrogens with zero attached hydrogens (tertiary/aromatic N) is 1. The van der Waals surface area contributed by atoms with Crippen molar-refractivity contribution >= 4 is 21.6 Å². The van der Waals surface area contributed by atoms with Crippen molar-refractivity contribution in [2.45, 2.75) is 51.4 Å². The van der Waals surface area contributed by atoms with E-state index in [1.807, 2.05) is 11.3 Å². The third kappa shape index (κ3) is 2.23. The number of rotatable bonds is 4. The fourth-order valence-corrected chi connectivity index (χ4v) is 3.56. The van der Waals surface area contributed by atoms with Gasteiger partial charge < -0.3 is 0 Å². The molecule has 0 amide bonds. The summed E-state index contributed by atoms with van der Waals surface area (Å²) in [4.78, 5) is 4.74. The standard InChI is InChI=1S/C15H19NS/c1-3-4-10(2)12-7-8-13-14(9-12)17-15(16-13)11-5-6-11/h7-11H,3-6H2,1-2H3/t10-/m0/s1. The lowest BCUT2D eigenvalue weighted by atomic mass is 9.97. The van der Waals surface area contributed by atoms with Gasteiger partial charge in [-0.15, -0.1) is 11.3 Å². The van der Waals surface area contributed by atoms with E-state index in [9.17, 15) is 0 Å². The van der Waals surface area contributed by atoms with Crippen LogP contribution >= 0.6 is 11.3 Å². The van der Waals surface area contributed by atoms with E-state index in [1.165, 1.54) is 46.5 Å². The Morgan fingerprint density at radius 1 is 1.41 bits per heavy atom. The number of thiazole rings is 1. The van der Waals surface area contributed by atoms with Gasteiger partial charge >= 0.3 is 0 Å². The van der Waals surface area contributed by atoms with Gasteiger partial charge in [-0.2, -0.15) is 0 Å². The van der Waals surface area contributed by atoms with E-state index in [0.29, 0.717) is 5.92 Å². The number of hydrogen-bond donors (Lipinski definition) is 0. The van der Waals surface area contributed by atoms with Crippen molar-refractivity contribution in [1.29, 1.82) is 0 Å². The second-order valence-corrected chi connectivity index (χ2v) is 6.31. The molecule has 1 aliphatic rings. The van der Waals surface area contributed by atoms with Crippen LogP contribution in [0.4, 0.5) is 0 Å². The van der Waals surface area contributed by atoms with Crippen LogP contribution in [0.25, 0.3) is 10.2 Å². The number of benzene rings is 1. The van der Waals surface area contributed by atoms with Gasteiger partial charge in [0.15, 0.2) is 0 Å². The molecule has 1 saturated carbocycles. The Morgan fingerprint density at radius 3 is 2.94 bits per heavy atom. The largest absolute Gasteiger partial charge is 0.241 e. The summed E-state index contributed by atoms with van der Waals surface area (Å²) in [7, 11) is 0. The number of hydrogen-bond acceptors (Lipinski definition) is 2. The first-order valence-corrected chi connectivity index (χ1v) is 7.50. The molecule has 3 rings (SSSR count). The van der Waals surface area contributed by atoms with Gasteiger partial charge in [0.2, 0.25) is 0 Å². The maximum absolute atomic E-state index is 4.74. The molecule has 1 heterocycles. The van der Waals surface area contributed by atoms with Crippen molar-refractivity contribution in [3.63, 3.8) is 0 Å². The minimum atomic E-state index is 0.677. The average molecular weight is 245 g/mol. The molecular weight excluding hydrogens is 226 g/mol. The highest BCUT2D eigenvalue weighted by molar-refractivity contribution is 7.18. The Bertz CT molecular complexity index is 525. The molecule has 90 valence electrons. The van der Waals surface area contributed by atoms with E-state index < -0.39 is 0 Å². The smallest absolute Gasteiger partial charge is 0.0969 e. The van der Waals surface area contributed by atoms with E-state index >= 15 is 0 Å². The Balaban J connectivity index is 1.94. The van der Waals surface area contributed by atoms with E-state index in [2.05, 4.69) is 32.0 Å². The molecule has 0 bridgehead atoms. The Hall–Kier alpha value is -0.890. The van der Waals surface area contributed by atoms with Gasteiger partial charge in [0.1, 0.15) is 0 Å². The molecule has 2 aromatic rings. The molecule has 1 aliphatic carbocycles. The van der Waals surface area contributed by atoms with Crippen LogP contribution in [0.15, 0.2) is 18.2 Å². The van der Waals surface area contributed by atoms with E-state index in [-0.39, 0.29) is 0 Å². The van der Waals surface area contributed by atoms with E-state index in [4.69, 9.17) is 4.98 Å². The quantitative estimate of drug-likeness (QED) is 0.732. The summed E-state index contributed by atoms with van der Waals surface area (Å²) in [5, 5.41) is 1.36. The molecule has 1 nitrogen and oxygen atoms in total. The van der Waals surface area contributed by atoms with Crippen molar-refractivity contribution in [1.82, 2.24) is 4.98 Å². The number of fused-ring (bicyclic) bond motifs is 1. The van der Waals surface area contributed by atoms with Crippen molar-refractivity contribution in [3.05, 3.63) is 28.8 Å². The first-order valence-electron chi connectivity index (χ1n) is 6.68. The van der Waals surface area contributed by atoms with Gasteiger partial charge in [0.25, 0.3) is 0 Å². The van der Waals surface area contributed by atoms with Gasteiger partial charge in [0.05, 0.1) is 15.2 Å². The van der Waals surface area contributed by atoms with Gasteiger partial charge in [0, 0.05) is 5.92 Å². The second kappa shape index (κ2) is 4.41. The van der Waals surface area contributed by atoms with Crippen molar-refractivity contribution < 1.29 is 0 Å². The normalized spacial score (nSPS) is 17.5. The zero-order valence-electron chi connectivity index (χ0n) is 10.6. The third-order valence-corrected chi connectivity index (χ3v) is 4.83. The Morgan fingerprint density at radius 2 is 2.24 bits per heavy atom. The fraction of sp³-hybridized carbons (Fsp3) is 0.533. The topological polar surface area (TPSA) is 12.9 Å². The minimum Gasteiger partial charge on any atom is -0.241 e. The van der Waals surface area contributed by atoms with Crippen molar-refractivity contribution in [3.8, 4) is 0 Å². The minimum absolute atomic E-state index is 0.677. The highest BCUT2D eigenvalue weighted by atomic mass is 32.1. The van der Waals surface area contributed by atoms with Crippen LogP contribution in [-0.4, -0.2) is 4.98 Å². The lowest BCUT2D eigenvalue weighted by Crippen LogP contribution is -1.91. The average Bonchev–Trinajstić information content (AvgIpc) is 3.08. The van der Waals surface area contributed by atoms with E-state index in [0.717, 1.165) is 5.92 Å². The summed E-state index contributed by atoms with van der Waals surface area (Å²) in [5.74, 6) is 1.46. The van der Waals surface area contributed by atoms with E-state index in [1.54, 1.807) is 0 Å². The maximum atomic E-state index is 4.74. The van der Waals surface area contributed by atoms with Crippen LogP contribution < -0.4 is 0 Å². The van der Waals surface area contributed by atoms with Gasteiger partial charge in [-0.1, -0.05) is 26.3 Å². The second-order valence-electron chi connectivity index (χ2n) is 5.24. The molecule has 2 heteroatoms. The fourth-order valence-electron chi connectivity index (χ4n) is 2.37. The zero-order valence-corrected chi connectivity index (χ0v) is 11.4. The van der Waals surface area contributed by atoms with Crippen LogP contribution in [0, 0.1) is 0 Å². The predicted molar refractivity (Wildman–Crippen MR) is 74.9 cm³/mol. The van der Waals surface area contributed by atoms with Crippen LogP contribution in [0.2, 0.25) is 0 Å². The molecule has 0 unspecified atom stereocenters. The van der Waals surface area contributed by atoms with Gasteiger partial charge in [-0.05, 0) is 42.9 Å². The summed E-state index contributed by atoms with van der Waals surface area (Å²) >= 11 is 1.91. The lowest BCUT2D eigenvalue weighted by molar-refractivity contribution is 0.666. The molecule has 0 aliphatic heterocycles. The highest BCUT2D eigenvalue weighted by Gasteiger charge is 2.27. The first-order chi connectivity index (χ1) is 8.28. The monoisotopic (exact) mass is 245 g/mol. The molecule has 17 heavy (non-hydrogen) atoms. The Labute approximate surface area is 107 Å². The third-order valence-electron chi connectivity index (χ3n) is 3.65. The molecule has 1 fully saturated rings. The van der Waals surface area contributed by atoms with Gasteiger partial charge in [-0.3, -0.25) is 0 Å². The van der Waals surface area contributed by atoms with Crippen LogP contribution in [-0.2, 0) is 0 Å². The maximum Gasteiger partial charge on any atom is 0.0969 e. The lowest BCUT2D eigenvalue weighted by Gasteiger charge is -2.09. The SMILES string of the molecule is CCC[C@H](C)c1ccc2nc(C3CC3)sc2c1.